The van der Waals surface area contributed by atoms with Gasteiger partial charge in [-0.25, -0.2) is 13.8 Å². The molecule has 3 fully saturated rings. The molecule has 3 aromatic rings. The van der Waals surface area contributed by atoms with Gasteiger partial charge in [-0.1, -0.05) is 43.2 Å². The van der Waals surface area contributed by atoms with Crippen LogP contribution in [0.5, 0.6) is 0 Å². The average Bonchev–Trinajstić information content (AvgIpc) is 3.29. The summed E-state index contributed by atoms with van der Waals surface area (Å²) in [5.41, 5.74) is 1.39. The summed E-state index contributed by atoms with van der Waals surface area (Å²) in [4.78, 5) is 16.9. The fraction of sp³-hybridized carbons (Fsp3) is 0.522. The highest BCUT2D eigenvalue weighted by Crippen LogP contribution is 2.47. The minimum absolute atomic E-state index is 0.253. The van der Waals surface area contributed by atoms with Crippen LogP contribution in [0.3, 0.4) is 0 Å². The van der Waals surface area contributed by atoms with Crippen molar-refractivity contribution < 1.29 is 73.8 Å². The molecule has 16 nitrogen and oxygen atoms in total. The molecule has 3 aliphatic heterocycles. The molecule has 7 rings (SSSR count). The molecule has 0 saturated carbocycles. The number of aliphatic hydroxyl groups is 9. The molecule has 4 aliphatic rings. The van der Waals surface area contributed by atoms with Crippen LogP contribution >= 0.6 is 0 Å². The van der Waals surface area contributed by atoms with Crippen LogP contribution in [0.4, 0.5) is 20.2 Å². The van der Waals surface area contributed by atoms with E-state index in [2.05, 4.69) is 17.0 Å². The molecule has 348 valence electrons. The normalized spacial score (nSPS) is 32.9. The first-order valence-corrected chi connectivity index (χ1v) is 21.2. The molecule has 3 heterocycles. The zero-order valence-corrected chi connectivity index (χ0v) is 35.3. The average molecular weight is 899 g/mol. The van der Waals surface area contributed by atoms with E-state index in [1.165, 1.54) is 24.3 Å². The molecule has 9 N–H and O–H groups in total. The number of hydrogen-bond acceptors (Lipinski definition) is 16. The lowest BCUT2D eigenvalue weighted by Gasteiger charge is -2.52. The molecule has 15 unspecified atom stereocenters. The number of allylic oxidation sites excluding steroid dienone is 1. The minimum Gasteiger partial charge on any atom is -0.394 e. The maximum atomic E-state index is 13.8. The van der Waals surface area contributed by atoms with Gasteiger partial charge in [-0.2, -0.15) is 0 Å². The Bertz CT molecular complexity index is 2070. The number of hydrogen-bond donors (Lipinski definition) is 9. The Morgan fingerprint density at radius 2 is 1.47 bits per heavy atom. The van der Waals surface area contributed by atoms with Crippen molar-refractivity contribution in [1.82, 2.24) is 0 Å². The van der Waals surface area contributed by atoms with Crippen LogP contribution in [0.15, 0.2) is 84.0 Å². The molecular formula is C46H56F2N2O14. The summed E-state index contributed by atoms with van der Waals surface area (Å²) in [6.07, 6.45) is -13.0. The van der Waals surface area contributed by atoms with Crippen LogP contribution in [0, 0.1) is 40.2 Å². The predicted octanol–water partition coefficient (Wildman–Crippen LogP) is 2.53. The van der Waals surface area contributed by atoms with Crippen molar-refractivity contribution in [1.29, 1.82) is 0 Å². The van der Waals surface area contributed by atoms with Gasteiger partial charge in [0.2, 0.25) is 0 Å². The number of halogens is 2. The molecule has 15 atom stereocenters. The highest BCUT2D eigenvalue weighted by Gasteiger charge is 2.54. The van der Waals surface area contributed by atoms with Crippen LogP contribution in [-0.2, 0) is 19.0 Å². The van der Waals surface area contributed by atoms with Gasteiger partial charge in [0.25, 0.3) is 0 Å². The van der Waals surface area contributed by atoms with E-state index >= 15 is 0 Å². The third-order valence-electron chi connectivity index (χ3n) is 12.3. The highest BCUT2D eigenvalue weighted by atomic mass is 19.1. The van der Waals surface area contributed by atoms with E-state index < -0.39 is 97.9 Å². The maximum Gasteiger partial charge on any atom is 0.187 e. The number of hydroxylamine groups is 1. The zero-order valence-electron chi connectivity index (χ0n) is 35.3. The third kappa shape index (κ3) is 10.9. The summed E-state index contributed by atoms with van der Waals surface area (Å²) in [5.74, 6) is 4.02. The van der Waals surface area contributed by atoms with Gasteiger partial charge >= 0.3 is 0 Å². The molecule has 0 radical (unpaired) electrons. The third-order valence-corrected chi connectivity index (χ3v) is 12.3. The second-order valence-electron chi connectivity index (χ2n) is 16.4. The molecule has 3 saturated heterocycles. The number of nitrogens with zero attached hydrogens (tertiary/aromatic N) is 2. The van der Waals surface area contributed by atoms with Crippen molar-refractivity contribution in [2.75, 3.05) is 24.9 Å². The number of anilines is 1. The zero-order chi connectivity index (χ0) is 46.3. The van der Waals surface area contributed by atoms with Crippen molar-refractivity contribution >= 4 is 16.9 Å². The molecule has 0 aromatic heterocycles. The second-order valence-corrected chi connectivity index (χ2v) is 16.4. The van der Waals surface area contributed by atoms with Gasteiger partial charge in [0.05, 0.1) is 43.8 Å². The van der Waals surface area contributed by atoms with E-state index in [9.17, 15) is 59.6 Å². The molecule has 18 heteroatoms. The lowest BCUT2D eigenvalue weighted by atomic mass is 9.66. The Hall–Kier alpha value is -4.30. The first-order valence-electron chi connectivity index (χ1n) is 21.2. The van der Waals surface area contributed by atoms with E-state index in [4.69, 9.17) is 19.0 Å². The van der Waals surface area contributed by atoms with Gasteiger partial charge in [-0.3, -0.25) is 4.84 Å². The lowest BCUT2D eigenvalue weighted by molar-refractivity contribution is -0.343. The molecule has 0 amide bonds. The first kappa shape index (κ1) is 49.1. The molecular weight excluding hydrogens is 843 g/mol. The smallest absolute Gasteiger partial charge is 0.187 e. The van der Waals surface area contributed by atoms with Crippen molar-refractivity contribution in [2.45, 2.75) is 119 Å². The fourth-order valence-corrected chi connectivity index (χ4v) is 8.76. The predicted molar refractivity (Wildman–Crippen MR) is 226 cm³/mol. The Morgan fingerprint density at radius 3 is 2.03 bits per heavy atom. The molecule has 64 heavy (non-hydrogen) atoms. The summed E-state index contributed by atoms with van der Waals surface area (Å²) in [6, 6.07) is 18.1. The summed E-state index contributed by atoms with van der Waals surface area (Å²) >= 11 is 0. The molecule has 3 aromatic carbocycles. The molecule has 0 bridgehead atoms. The quantitative estimate of drug-likeness (QED) is 0.0884. The van der Waals surface area contributed by atoms with Crippen LogP contribution in [-0.4, -0.2) is 139 Å². The number of rotatable bonds is 13. The Labute approximate surface area is 368 Å². The lowest BCUT2D eigenvalue weighted by Crippen LogP contribution is -2.65. The van der Waals surface area contributed by atoms with E-state index in [1.807, 2.05) is 13.0 Å². The Balaban J connectivity index is 0.000000540. The van der Waals surface area contributed by atoms with Gasteiger partial charge in [0.15, 0.2) is 6.29 Å². The van der Waals surface area contributed by atoms with E-state index in [-0.39, 0.29) is 29.9 Å². The van der Waals surface area contributed by atoms with E-state index in [0.29, 0.717) is 31.6 Å². The topological polar surface area (TPSA) is 252 Å². The number of aliphatic hydroxyl groups excluding tert-OH is 8. The van der Waals surface area contributed by atoms with Crippen molar-refractivity contribution in [3.8, 4) is 11.8 Å². The summed E-state index contributed by atoms with van der Waals surface area (Å²) in [7, 11) is 0. The van der Waals surface area contributed by atoms with Gasteiger partial charge < -0.3 is 60.2 Å². The summed E-state index contributed by atoms with van der Waals surface area (Å²) in [5, 5.41) is 100. The molecule has 1 aliphatic carbocycles. The van der Waals surface area contributed by atoms with Crippen LogP contribution in [0.1, 0.15) is 56.8 Å². The van der Waals surface area contributed by atoms with Crippen molar-refractivity contribution in [3.63, 3.8) is 0 Å². The standard InChI is InChI=1S/C37H45FN2O13.C9H11FO/c1-2-13-37(48,15-27-30(43)33(46)35(29(17-42)51-27)53-36-34(47)32(45)31(44)28(16-41)52-36)25-14-20(19-3-8-22(39-49)9-4-19)5-12-24(25)26-18-50-40(26)23-10-6-21(38)7-11-23;1-2-9(11)7-3-5-8(10)6-4-7/h3-4,6-11,14,24-36,41-48H,5,12,15-18H2,1H3;3-6,9,11H,2H2,1H3. The van der Waals surface area contributed by atoms with Gasteiger partial charge in [-0.15, -0.1) is 10.8 Å². The SMILES string of the molecule is CC#CC(O)(CC1OC(CO)C(OC2OC(CO)C(O)C(O)C2O)C(O)C1O)C1C=C(c2ccc(N=O)cc2)CCC1C1CON1c1ccc(F)cc1.CCC(O)c1ccc(F)cc1. The van der Waals surface area contributed by atoms with Gasteiger partial charge in [0, 0.05) is 12.3 Å². The van der Waals surface area contributed by atoms with Crippen LogP contribution in [0.2, 0.25) is 0 Å². The monoisotopic (exact) mass is 898 g/mol. The minimum atomic E-state index is -1.91. The van der Waals surface area contributed by atoms with E-state index in [0.717, 1.165) is 16.7 Å². The largest absolute Gasteiger partial charge is 0.394 e. The molecule has 0 spiro atoms. The Morgan fingerprint density at radius 1 is 0.844 bits per heavy atom. The van der Waals surface area contributed by atoms with E-state index in [1.54, 1.807) is 60.5 Å². The van der Waals surface area contributed by atoms with Gasteiger partial charge in [-0.05, 0) is 103 Å². The van der Waals surface area contributed by atoms with Crippen LogP contribution in [0.25, 0.3) is 5.57 Å². The Kier molecular flexibility index (Phi) is 16.7. The summed E-state index contributed by atoms with van der Waals surface area (Å²) < 4.78 is 43.3. The number of ether oxygens (including phenoxy) is 3. The fourth-order valence-electron chi connectivity index (χ4n) is 8.76. The summed E-state index contributed by atoms with van der Waals surface area (Å²) in [6.45, 7) is 2.25. The first-order chi connectivity index (χ1) is 30.7. The second kappa shape index (κ2) is 21.8. The maximum absolute atomic E-state index is 13.8. The number of benzene rings is 3. The van der Waals surface area contributed by atoms with Crippen LogP contribution < -0.4 is 5.06 Å². The van der Waals surface area contributed by atoms with Gasteiger partial charge in [0.1, 0.15) is 71.8 Å². The highest BCUT2D eigenvalue weighted by molar-refractivity contribution is 5.68. The van der Waals surface area contributed by atoms with Crippen molar-refractivity contribution in [2.24, 2.45) is 17.0 Å². The number of nitroso groups, excluding NO2 is 1. The van der Waals surface area contributed by atoms with Crippen molar-refractivity contribution in [3.05, 3.63) is 107 Å².